The predicted octanol–water partition coefficient (Wildman–Crippen LogP) is 2.86. The number of nitrogens with zero attached hydrogens (tertiary/aromatic N) is 3. The van der Waals surface area contributed by atoms with Gasteiger partial charge in [0.25, 0.3) is 0 Å². The Labute approximate surface area is 173 Å². The topological polar surface area (TPSA) is 75.0 Å². The van der Waals surface area contributed by atoms with E-state index < -0.39 is 17.2 Å². The molecule has 0 bridgehead atoms. The molecule has 8 heteroatoms. The largest absolute Gasteiger partial charge is 0.487 e. The van der Waals surface area contributed by atoms with Crippen LogP contribution in [0.5, 0.6) is 5.75 Å². The van der Waals surface area contributed by atoms with Crippen molar-refractivity contribution in [3.8, 4) is 5.75 Å². The standard InChI is InChI=1S/C22H26FN3O4/c1-13-12-30-21-18-15(20(27)16(22(28)29)11-26(13)18)9-17(23)19(21)25-8-5-14(10-25)24-6-3-2-4-7-24/h9,11,13-14H,2-8,10,12H2,1H3,(H,28,29)/t13-,14?/m0/s1. The minimum absolute atomic E-state index is 0.0597. The molecule has 2 aromatic rings. The number of pyridine rings is 1. The first-order valence-corrected chi connectivity index (χ1v) is 10.7. The number of carboxylic acids is 1. The molecule has 1 aromatic heterocycles. The van der Waals surface area contributed by atoms with Crippen molar-refractivity contribution in [1.82, 2.24) is 9.47 Å². The summed E-state index contributed by atoms with van der Waals surface area (Å²) in [5, 5.41) is 9.48. The molecule has 2 atom stereocenters. The molecule has 0 spiro atoms. The van der Waals surface area contributed by atoms with Gasteiger partial charge in [-0.2, -0.15) is 0 Å². The molecule has 3 aliphatic rings. The molecule has 0 amide bonds. The number of aromatic carboxylic acids is 1. The van der Waals surface area contributed by atoms with Crippen LogP contribution in [0.2, 0.25) is 0 Å². The number of carboxylic acid groups (broad SMARTS) is 1. The van der Waals surface area contributed by atoms with Crippen LogP contribution in [-0.2, 0) is 0 Å². The van der Waals surface area contributed by atoms with Crippen LogP contribution in [0.1, 0.15) is 49.0 Å². The zero-order chi connectivity index (χ0) is 21.0. The third-order valence-corrected chi connectivity index (χ3v) is 6.76. The van der Waals surface area contributed by atoms with Crippen molar-refractivity contribution in [2.75, 3.05) is 37.7 Å². The molecule has 7 nitrogen and oxygen atoms in total. The zero-order valence-electron chi connectivity index (χ0n) is 17.1. The lowest BCUT2D eigenvalue weighted by Gasteiger charge is -2.33. The van der Waals surface area contributed by atoms with Crippen LogP contribution in [0.15, 0.2) is 17.1 Å². The van der Waals surface area contributed by atoms with Gasteiger partial charge in [-0.05, 0) is 45.3 Å². The summed E-state index contributed by atoms with van der Waals surface area (Å²) in [5.74, 6) is -1.48. The number of hydrogen-bond donors (Lipinski definition) is 1. The van der Waals surface area contributed by atoms with Gasteiger partial charge in [0.2, 0.25) is 5.43 Å². The lowest BCUT2D eigenvalue weighted by Crippen LogP contribution is -2.41. The minimum Gasteiger partial charge on any atom is -0.487 e. The second-order valence-corrected chi connectivity index (χ2v) is 8.66. The minimum atomic E-state index is -1.31. The highest BCUT2D eigenvalue weighted by atomic mass is 19.1. The second kappa shape index (κ2) is 7.27. The summed E-state index contributed by atoms with van der Waals surface area (Å²) in [4.78, 5) is 28.8. The normalized spacial score (nSPS) is 24.3. The summed E-state index contributed by atoms with van der Waals surface area (Å²) in [6, 6.07) is 1.43. The highest BCUT2D eigenvalue weighted by Crippen LogP contribution is 2.43. The molecule has 30 heavy (non-hydrogen) atoms. The van der Waals surface area contributed by atoms with Gasteiger partial charge in [0.1, 0.15) is 17.9 Å². The molecule has 2 saturated heterocycles. The monoisotopic (exact) mass is 415 g/mol. The molecule has 4 heterocycles. The summed E-state index contributed by atoms with van der Waals surface area (Å²) in [7, 11) is 0. The van der Waals surface area contributed by atoms with Crippen molar-refractivity contribution in [2.24, 2.45) is 0 Å². The Bertz CT molecular complexity index is 1080. The molecule has 160 valence electrons. The Hall–Kier alpha value is -2.61. The number of halogens is 1. The van der Waals surface area contributed by atoms with E-state index in [-0.39, 0.29) is 17.0 Å². The molecule has 2 fully saturated rings. The third kappa shape index (κ3) is 2.96. The van der Waals surface area contributed by atoms with Crippen molar-refractivity contribution in [2.45, 2.75) is 44.7 Å². The van der Waals surface area contributed by atoms with E-state index in [0.717, 1.165) is 32.6 Å². The van der Waals surface area contributed by atoms with Crippen LogP contribution < -0.4 is 15.1 Å². The molecular weight excluding hydrogens is 389 g/mol. The lowest BCUT2D eigenvalue weighted by atomic mass is 10.1. The van der Waals surface area contributed by atoms with Gasteiger partial charge in [-0.25, -0.2) is 9.18 Å². The van der Waals surface area contributed by atoms with Crippen LogP contribution in [0.3, 0.4) is 0 Å². The lowest BCUT2D eigenvalue weighted by molar-refractivity contribution is 0.0694. The molecule has 0 saturated carbocycles. The van der Waals surface area contributed by atoms with E-state index in [1.807, 2.05) is 11.8 Å². The van der Waals surface area contributed by atoms with E-state index in [0.29, 0.717) is 29.6 Å². The number of likely N-dealkylation sites (tertiary alicyclic amines) is 1. The smallest absolute Gasteiger partial charge is 0.341 e. The van der Waals surface area contributed by atoms with Gasteiger partial charge in [-0.1, -0.05) is 6.42 Å². The third-order valence-electron chi connectivity index (χ3n) is 6.76. The highest BCUT2D eigenvalue weighted by molar-refractivity contribution is 5.97. The van der Waals surface area contributed by atoms with E-state index in [4.69, 9.17) is 4.74 Å². The number of anilines is 1. The van der Waals surface area contributed by atoms with Gasteiger partial charge in [0, 0.05) is 25.3 Å². The maximum absolute atomic E-state index is 15.3. The molecule has 3 aliphatic heterocycles. The molecule has 1 unspecified atom stereocenters. The number of aromatic nitrogens is 1. The fourth-order valence-electron chi connectivity index (χ4n) is 5.19. The summed E-state index contributed by atoms with van der Waals surface area (Å²) in [5.41, 5.74) is -0.141. The molecule has 0 radical (unpaired) electrons. The molecule has 0 aliphatic carbocycles. The summed E-state index contributed by atoms with van der Waals surface area (Å²) < 4.78 is 23.0. The number of rotatable bonds is 3. The van der Waals surface area contributed by atoms with Gasteiger partial charge < -0.3 is 19.3 Å². The number of piperidine rings is 1. The van der Waals surface area contributed by atoms with Gasteiger partial charge >= 0.3 is 5.97 Å². The zero-order valence-corrected chi connectivity index (χ0v) is 17.1. The molecule has 1 aromatic carbocycles. The maximum atomic E-state index is 15.3. The van der Waals surface area contributed by atoms with Crippen LogP contribution in [0.4, 0.5) is 10.1 Å². The van der Waals surface area contributed by atoms with Crippen molar-refractivity contribution >= 4 is 22.6 Å². The van der Waals surface area contributed by atoms with E-state index in [9.17, 15) is 14.7 Å². The Morgan fingerprint density at radius 3 is 2.73 bits per heavy atom. The number of ether oxygens (including phenoxy) is 1. The Morgan fingerprint density at radius 2 is 2.00 bits per heavy atom. The number of benzene rings is 1. The first-order chi connectivity index (χ1) is 14.5. The average molecular weight is 415 g/mol. The maximum Gasteiger partial charge on any atom is 0.341 e. The van der Waals surface area contributed by atoms with Gasteiger partial charge in [0.15, 0.2) is 11.6 Å². The fraction of sp³-hybridized carbons (Fsp3) is 0.545. The van der Waals surface area contributed by atoms with Crippen molar-refractivity contribution in [1.29, 1.82) is 0 Å². The Balaban J connectivity index is 1.61. The average Bonchev–Trinajstić information content (AvgIpc) is 3.22. The van der Waals surface area contributed by atoms with E-state index >= 15 is 4.39 Å². The van der Waals surface area contributed by atoms with Crippen LogP contribution in [-0.4, -0.2) is 59.4 Å². The van der Waals surface area contributed by atoms with E-state index in [1.165, 1.54) is 31.5 Å². The Morgan fingerprint density at radius 1 is 1.23 bits per heavy atom. The van der Waals surface area contributed by atoms with Crippen molar-refractivity contribution < 1.29 is 19.0 Å². The van der Waals surface area contributed by atoms with Crippen molar-refractivity contribution in [3.05, 3.63) is 33.9 Å². The first kappa shape index (κ1) is 19.4. The SMILES string of the molecule is C[C@H]1COc2c(N3CCC(N4CCCCC4)C3)c(F)cc3c(=O)c(C(=O)O)cn1c23. The van der Waals surface area contributed by atoms with Crippen LogP contribution in [0.25, 0.3) is 10.9 Å². The number of hydrogen-bond acceptors (Lipinski definition) is 5. The van der Waals surface area contributed by atoms with Gasteiger partial charge in [-0.3, -0.25) is 9.69 Å². The summed E-state index contributed by atoms with van der Waals surface area (Å²) in [6.07, 6.45) is 6.04. The quantitative estimate of drug-likeness (QED) is 0.831. The summed E-state index contributed by atoms with van der Waals surface area (Å²) >= 11 is 0. The van der Waals surface area contributed by atoms with Crippen LogP contribution in [0, 0.1) is 5.82 Å². The fourth-order valence-corrected chi connectivity index (χ4v) is 5.19. The summed E-state index contributed by atoms with van der Waals surface area (Å²) in [6.45, 7) is 5.83. The van der Waals surface area contributed by atoms with E-state index in [1.54, 1.807) is 4.57 Å². The molecular formula is C22H26FN3O4. The van der Waals surface area contributed by atoms with Gasteiger partial charge in [0.05, 0.1) is 16.9 Å². The second-order valence-electron chi connectivity index (χ2n) is 8.66. The first-order valence-electron chi connectivity index (χ1n) is 10.7. The highest BCUT2D eigenvalue weighted by Gasteiger charge is 2.34. The van der Waals surface area contributed by atoms with Gasteiger partial charge in [-0.15, -0.1) is 0 Å². The van der Waals surface area contributed by atoms with Crippen molar-refractivity contribution in [3.63, 3.8) is 0 Å². The molecule has 1 N–H and O–H groups in total. The Kier molecular flexibility index (Phi) is 4.69. The van der Waals surface area contributed by atoms with E-state index in [2.05, 4.69) is 4.90 Å². The predicted molar refractivity (Wildman–Crippen MR) is 111 cm³/mol. The number of carbonyl (C=O) groups is 1. The van der Waals surface area contributed by atoms with Crippen LogP contribution >= 0.6 is 0 Å². The molecule has 5 rings (SSSR count).